The van der Waals surface area contributed by atoms with E-state index in [1.165, 1.54) is 32.0 Å². The number of oxazole rings is 2. The topological polar surface area (TPSA) is 58.5 Å². The van der Waals surface area contributed by atoms with Gasteiger partial charge in [0.05, 0.1) is 9.75 Å². The summed E-state index contributed by atoms with van der Waals surface area (Å²) in [6.07, 6.45) is 0. The third-order valence-electron chi connectivity index (χ3n) is 8.08. The lowest BCUT2D eigenvalue weighted by molar-refractivity contribution is 0.621. The Balaban J connectivity index is 0.978. The SMILES string of the molecule is CN(C)c1ccc2nc(-c3ccc(-c4ccc(-c5ccc(-c6ccc(-c7nc8ccc(N(C)C)cc8o7)s6)cc5)cc4)s3)oc2c1. The first-order valence-corrected chi connectivity index (χ1v) is 16.6. The molecule has 0 N–H and O–H groups in total. The van der Waals surface area contributed by atoms with Crippen LogP contribution in [0.3, 0.4) is 0 Å². The van der Waals surface area contributed by atoms with E-state index in [4.69, 9.17) is 18.8 Å². The second-order valence-corrected chi connectivity index (χ2v) is 13.8. The van der Waals surface area contributed by atoms with Crippen molar-refractivity contribution in [1.29, 1.82) is 0 Å². The van der Waals surface area contributed by atoms with Gasteiger partial charge in [0.1, 0.15) is 11.0 Å². The van der Waals surface area contributed by atoms with Crippen LogP contribution in [0.15, 0.2) is 118 Å². The van der Waals surface area contributed by atoms with Gasteiger partial charge in [-0.3, -0.25) is 0 Å². The minimum absolute atomic E-state index is 0.657. The van der Waals surface area contributed by atoms with E-state index in [-0.39, 0.29) is 0 Å². The highest BCUT2D eigenvalue weighted by atomic mass is 32.1. The van der Waals surface area contributed by atoms with E-state index in [0.29, 0.717) is 11.8 Å². The molecule has 0 amide bonds. The van der Waals surface area contributed by atoms with Gasteiger partial charge < -0.3 is 18.6 Å². The highest BCUT2D eigenvalue weighted by Gasteiger charge is 2.15. The van der Waals surface area contributed by atoms with Crippen LogP contribution in [-0.4, -0.2) is 38.2 Å². The molecule has 4 aromatic heterocycles. The van der Waals surface area contributed by atoms with Crippen molar-refractivity contribution in [1.82, 2.24) is 9.97 Å². The zero-order chi connectivity index (χ0) is 31.4. The number of rotatable bonds is 7. The number of anilines is 2. The summed E-state index contributed by atoms with van der Waals surface area (Å²) in [6.45, 7) is 0. The third-order valence-corrected chi connectivity index (χ3v) is 10.3. The van der Waals surface area contributed by atoms with Crippen molar-refractivity contribution in [2.75, 3.05) is 38.0 Å². The van der Waals surface area contributed by atoms with Crippen LogP contribution in [0, 0.1) is 0 Å². The summed E-state index contributed by atoms with van der Waals surface area (Å²) in [7, 11) is 8.09. The van der Waals surface area contributed by atoms with Gasteiger partial charge in [0.15, 0.2) is 11.2 Å². The van der Waals surface area contributed by atoms with E-state index in [2.05, 4.69) is 94.7 Å². The number of fused-ring (bicyclic) bond motifs is 2. The molecule has 0 fully saturated rings. The molecule has 0 radical (unpaired) electrons. The fourth-order valence-corrected chi connectivity index (χ4v) is 7.34. The molecular weight excluding hydrogens is 609 g/mol. The molecule has 0 aliphatic rings. The summed E-state index contributed by atoms with van der Waals surface area (Å²) in [6, 6.07) is 38.1. The molecule has 46 heavy (non-hydrogen) atoms. The quantitative estimate of drug-likeness (QED) is 0.173. The summed E-state index contributed by atoms with van der Waals surface area (Å²) in [4.78, 5) is 18.0. The first kappa shape index (κ1) is 28.3. The Labute approximate surface area is 274 Å². The van der Waals surface area contributed by atoms with Crippen molar-refractivity contribution in [3.8, 4) is 53.5 Å². The van der Waals surface area contributed by atoms with Crippen LogP contribution in [0.2, 0.25) is 0 Å². The smallest absolute Gasteiger partial charge is 0.237 e. The molecule has 226 valence electrons. The Morgan fingerprint density at radius 1 is 0.435 bits per heavy atom. The Hall–Kier alpha value is -5.18. The van der Waals surface area contributed by atoms with Crippen molar-refractivity contribution in [3.63, 3.8) is 0 Å². The number of hydrogen-bond acceptors (Lipinski definition) is 8. The van der Waals surface area contributed by atoms with E-state index in [1.807, 2.05) is 52.5 Å². The first-order valence-electron chi connectivity index (χ1n) is 15.0. The summed E-state index contributed by atoms with van der Waals surface area (Å²) < 4.78 is 12.2. The number of nitrogens with zero attached hydrogens (tertiary/aromatic N) is 4. The fourth-order valence-electron chi connectivity index (χ4n) is 5.46. The fraction of sp³-hybridized carbons (Fsp3) is 0.105. The van der Waals surface area contributed by atoms with Gasteiger partial charge in [0.2, 0.25) is 11.8 Å². The Morgan fingerprint density at radius 3 is 1.20 bits per heavy atom. The minimum atomic E-state index is 0.657. The van der Waals surface area contributed by atoms with Crippen LogP contribution < -0.4 is 9.80 Å². The van der Waals surface area contributed by atoms with Gasteiger partial charge in [-0.2, -0.15) is 0 Å². The maximum absolute atomic E-state index is 6.12. The van der Waals surface area contributed by atoms with Crippen LogP contribution in [0.4, 0.5) is 11.4 Å². The summed E-state index contributed by atoms with van der Waals surface area (Å²) in [5.74, 6) is 1.31. The average molecular weight is 639 g/mol. The van der Waals surface area contributed by atoms with Crippen LogP contribution in [0.25, 0.3) is 75.7 Å². The standard InChI is InChI=1S/C38H30N4O2S2/c1-41(2)27-13-15-29-31(21-27)43-37(39-29)35-19-17-33(45-35)25-9-5-23(6-10-25)24-7-11-26(12-8-24)34-18-20-36(46-34)38-40-30-16-14-28(42(3)4)22-32(30)44-38/h5-22H,1-4H3. The molecule has 8 heteroatoms. The lowest BCUT2D eigenvalue weighted by Gasteiger charge is -2.10. The number of benzene rings is 4. The van der Waals surface area contributed by atoms with Crippen molar-refractivity contribution < 1.29 is 8.83 Å². The molecule has 0 saturated heterocycles. The molecule has 4 heterocycles. The van der Waals surface area contributed by atoms with Gasteiger partial charge in [-0.15, -0.1) is 22.7 Å². The van der Waals surface area contributed by atoms with Crippen LogP contribution in [-0.2, 0) is 0 Å². The van der Waals surface area contributed by atoms with Gasteiger partial charge >= 0.3 is 0 Å². The first-order chi connectivity index (χ1) is 22.4. The third kappa shape index (κ3) is 5.25. The lowest BCUT2D eigenvalue weighted by Crippen LogP contribution is -2.07. The molecule has 0 unspecified atom stereocenters. The molecule has 0 aliphatic carbocycles. The van der Waals surface area contributed by atoms with Crippen molar-refractivity contribution in [3.05, 3.63) is 109 Å². The Kier molecular flexibility index (Phi) is 6.96. The molecule has 8 aromatic rings. The molecule has 4 aromatic carbocycles. The second-order valence-electron chi connectivity index (χ2n) is 11.6. The number of thiophene rings is 2. The maximum Gasteiger partial charge on any atom is 0.237 e. The largest absolute Gasteiger partial charge is 0.435 e. The molecule has 0 atom stereocenters. The second kappa shape index (κ2) is 11.3. The van der Waals surface area contributed by atoms with Gasteiger partial charge in [0.25, 0.3) is 0 Å². The zero-order valence-corrected chi connectivity index (χ0v) is 27.4. The highest BCUT2D eigenvalue weighted by molar-refractivity contribution is 7.19. The van der Waals surface area contributed by atoms with E-state index in [9.17, 15) is 0 Å². The van der Waals surface area contributed by atoms with Crippen molar-refractivity contribution in [2.24, 2.45) is 0 Å². The van der Waals surface area contributed by atoms with E-state index in [0.717, 1.165) is 43.3 Å². The molecule has 6 nitrogen and oxygen atoms in total. The summed E-state index contributed by atoms with van der Waals surface area (Å²) in [5.41, 5.74) is 10.2. The van der Waals surface area contributed by atoms with E-state index in [1.54, 1.807) is 22.7 Å². The highest BCUT2D eigenvalue weighted by Crippen LogP contribution is 2.38. The molecule has 0 spiro atoms. The normalized spacial score (nSPS) is 11.5. The van der Waals surface area contributed by atoms with E-state index < -0.39 is 0 Å². The molecule has 0 bridgehead atoms. The van der Waals surface area contributed by atoms with Crippen LogP contribution in [0.1, 0.15) is 0 Å². The van der Waals surface area contributed by atoms with Crippen molar-refractivity contribution >= 4 is 56.2 Å². The molecular formula is C38H30N4O2S2. The predicted molar refractivity (Wildman–Crippen MR) is 193 cm³/mol. The van der Waals surface area contributed by atoms with Crippen LogP contribution in [0.5, 0.6) is 0 Å². The summed E-state index contributed by atoms with van der Waals surface area (Å²) >= 11 is 3.38. The number of aromatic nitrogens is 2. The Morgan fingerprint density at radius 2 is 0.804 bits per heavy atom. The Bertz CT molecular complexity index is 2160. The minimum Gasteiger partial charge on any atom is -0.435 e. The van der Waals surface area contributed by atoms with Crippen LogP contribution >= 0.6 is 22.7 Å². The number of hydrogen-bond donors (Lipinski definition) is 0. The maximum atomic E-state index is 6.12. The molecule has 0 aliphatic heterocycles. The zero-order valence-electron chi connectivity index (χ0n) is 25.8. The van der Waals surface area contributed by atoms with Gasteiger partial charge in [-0.25, -0.2) is 9.97 Å². The summed E-state index contributed by atoms with van der Waals surface area (Å²) in [5, 5.41) is 0. The van der Waals surface area contributed by atoms with Gasteiger partial charge in [0, 0.05) is 61.5 Å². The van der Waals surface area contributed by atoms with Gasteiger partial charge in [-0.05, 0) is 70.8 Å². The predicted octanol–water partition coefficient (Wildman–Crippen LogP) is 10.6. The van der Waals surface area contributed by atoms with E-state index >= 15 is 0 Å². The lowest BCUT2D eigenvalue weighted by atomic mass is 10.0. The van der Waals surface area contributed by atoms with Crippen molar-refractivity contribution in [2.45, 2.75) is 0 Å². The average Bonchev–Trinajstić information content (AvgIpc) is 3.89. The monoisotopic (exact) mass is 638 g/mol. The van der Waals surface area contributed by atoms with Gasteiger partial charge in [-0.1, -0.05) is 48.5 Å². The molecule has 0 saturated carbocycles. The molecule has 8 rings (SSSR count).